The van der Waals surface area contributed by atoms with Gasteiger partial charge >= 0.3 is 5.92 Å². The van der Waals surface area contributed by atoms with Gasteiger partial charge in [0.25, 0.3) is 5.91 Å². The normalized spacial score (nSPS) is 18.1. The van der Waals surface area contributed by atoms with E-state index in [1.807, 2.05) is 18.2 Å². The minimum atomic E-state index is -3.56. The number of amides is 2. The summed E-state index contributed by atoms with van der Waals surface area (Å²) in [6.07, 6.45) is 1.55. The average Bonchev–Trinajstić information content (AvgIpc) is 3.38. The molecule has 0 spiro atoms. The molecule has 1 saturated heterocycles. The SMILES string of the molecule is CC(F)(F)C(=O)N[C@H]1CC(=O)N(c2ccc3c(cnn3Cc3cccc(F)c3)c2)[C@@H]1c1ccccc1. The van der Waals surface area contributed by atoms with Crippen LogP contribution in [0, 0.1) is 5.82 Å². The summed E-state index contributed by atoms with van der Waals surface area (Å²) in [6.45, 7) is 0.902. The lowest BCUT2D eigenvalue weighted by Gasteiger charge is -2.29. The molecular formula is C27H23F3N4O2. The summed E-state index contributed by atoms with van der Waals surface area (Å²) in [4.78, 5) is 26.8. The summed E-state index contributed by atoms with van der Waals surface area (Å²) in [5.41, 5.74) is 2.83. The fourth-order valence-electron chi connectivity index (χ4n) is 4.65. The molecule has 2 heterocycles. The van der Waals surface area contributed by atoms with Gasteiger partial charge in [0.15, 0.2) is 0 Å². The second-order valence-corrected chi connectivity index (χ2v) is 8.97. The van der Waals surface area contributed by atoms with E-state index < -0.39 is 23.9 Å². The molecule has 1 N–H and O–H groups in total. The second kappa shape index (κ2) is 9.14. The summed E-state index contributed by atoms with van der Waals surface area (Å²) in [5, 5.41) is 7.55. The molecule has 3 aromatic carbocycles. The summed E-state index contributed by atoms with van der Waals surface area (Å²) in [5.74, 6) is -5.60. The Kier molecular flexibility index (Phi) is 5.99. The molecule has 5 rings (SSSR count). The minimum Gasteiger partial charge on any atom is -0.345 e. The van der Waals surface area contributed by atoms with Crippen LogP contribution in [0.1, 0.15) is 30.5 Å². The number of benzene rings is 3. The van der Waals surface area contributed by atoms with E-state index in [0.717, 1.165) is 22.0 Å². The quantitative estimate of drug-likeness (QED) is 0.419. The van der Waals surface area contributed by atoms with Crippen LogP contribution in [-0.2, 0) is 16.1 Å². The number of carbonyl (C=O) groups is 2. The topological polar surface area (TPSA) is 67.2 Å². The number of aromatic nitrogens is 2. The van der Waals surface area contributed by atoms with Gasteiger partial charge < -0.3 is 10.2 Å². The first-order valence-electron chi connectivity index (χ1n) is 11.5. The molecular weight excluding hydrogens is 469 g/mol. The molecule has 1 aliphatic rings. The first-order valence-corrected chi connectivity index (χ1v) is 11.5. The highest BCUT2D eigenvalue weighted by Gasteiger charge is 2.45. The van der Waals surface area contributed by atoms with Gasteiger partial charge in [-0.15, -0.1) is 0 Å². The van der Waals surface area contributed by atoms with E-state index >= 15 is 0 Å². The van der Waals surface area contributed by atoms with E-state index in [0.29, 0.717) is 19.2 Å². The van der Waals surface area contributed by atoms with Crippen LogP contribution in [-0.4, -0.2) is 33.6 Å². The molecule has 0 bridgehead atoms. The van der Waals surface area contributed by atoms with Gasteiger partial charge in [-0.25, -0.2) is 4.39 Å². The van der Waals surface area contributed by atoms with Crippen molar-refractivity contribution < 1.29 is 22.8 Å². The van der Waals surface area contributed by atoms with Crippen molar-refractivity contribution in [1.29, 1.82) is 0 Å². The van der Waals surface area contributed by atoms with E-state index in [1.165, 1.54) is 17.0 Å². The van der Waals surface area contributed by atoms with E-state index in [1.54, 1.807) is 53.3 Å². The van der Waals surface area contributed by atoms with Gasteiger partial charge in [0.1, 0.15) is 5.82 Å². The Morgan fingerprint density at radius 3 is 2.58 bits per heavy atom. The minimum absolute atomic E-state index is 0.113. The highest BCUT2D eigenvalue weighted by molar-refractivity contribution is 6.00. The van der Waals surface area contributed by atoms with E-state index in [-0.39, 0.29) is 18.1 Å². The molecule has 2 amide bonds. The van der Waals surface area contributed by atoms with Gasteiger partial charge in [-0.05, 0) is 41.5 Å². The lowest BCUT2D eigenvalue weighted by molar-refractivity contribution is -0.143. The zero-order valence-electron chi connectivity index (χ0n) is 19.4. The predicted octanol–water partition coefficient (Wildman–Crippen LogP) is 4.84. The number of rotatable bonds is 6. The van der Waals surface area contributed by atoms with Crippen molar-refractivity contribution in [3.63, 3.8) is 0 Å². The van der Waals surface area contributed by atoms with E-state index in [4.69, 9.17) is 0 Å². The molecule has 9 heteroatoms. The maximum atomic E-state index is 13.6. The van der Waals surface area contributed by atoms with Crippen molar-refractivity contribution >= 4 is 28.4 Å². The summed E-state index contributed by atoms with van der Waals surface area (Å²) in [6, 6.07) is 19.2. The van der Waals surface area contributed by atoms with Crippen molar-refractivity contribution in [3.05, 3.63) is 95.9 Å². The molecule has 1 aromatic heterocycles. The average molecular weight is 493 g/mol. The number of anilines is 1. The lowest BCUT2D eigenvalue weighted by atomic mass is 9.99. The van der Waals surface area contributed by atoms with Crippen molar-refractivity contribution in [2.24, 2.45) is 0 Å². The fraction of sp³-hybridized carbons (Fsp3) is 0.222. The van der Waals surface area contributed by atoms with Gasteiger partial charge in [-0.2, -0.15) is 13.9 Å². The molecule has 2 atom stereocenters. The predicted molar refractivity (Wildman–Crippen MR) is 129 cm³/mol. The Hall–Kier alpha value is -4.14. The molecule has 0 aliphatic carbocycles. The molecule has 184 valence electrons. The van der Waals surface area contributed by atoms with Crippen molar-refractivity contribution in [2.75, 3.05) is 4.90 Å². The Morgan fingerprint density at radius 1 is 1.08 bits per heavy atom. The first kappa shape index (κ1) is 23.6. The zero-order valence-corrected chi connectivity index (χ0v) is 19.4. The van der Waals surface area contributed by atoms with Crippen LogP contribution in [0.5, 0.6) is 0 Å². The number of alkyl halides is 2. The van der Waals surface area contributed by atoms with E-state index in [2.05, 4.69) is 10.4 Å². The third kappa shape index (κ3) is 4.56. The molecule has 1 aliphatic heterocycles. The van der Waals surface area contributed by atoms with Gasteiger partial charge in [-0.3, -0.25) is 14.3 Å². The largest absolute Gasteiger partial charge is 0.345 e. The third-order valence-corrected chi connectivity index (χ3v) is 6.30. The molecule has 0 unspecified atom stereocenters. The molecule has 4 aromatic rings. The Morgan fingerprint density at radius 2 is 1.86 bits per heavy atom. The number of nitrogens with zero attached hydrogens (tertiary/aromatic N) is 3. The molecule has 0 saturated carbocycles. The Labute approximate surface area is 205 Å². The van der Waals surface area contributed by atoms with Crippen LogP contribution >= 0.6 is 0 Å². The Balaban J connectivity index is 1.49. The van der Waals surface area contributed by atoms with Crippen LogP contribution in [0.2, 0.25) is 0 Å². The number of fused-ring (bicyclic) bond motifs is 1. The zero-order chi connectivity index (χ0) is 25.4. The number of carbonyl (C=O) groups excluding carboxylic acids is 2. The maximum absolute atomic E-state index is 13.6. The Bertz CT molecular complexity index is 1430. The van der Waals surface area contributed by atoms with Crippen LogP contribution in [0.25, 0.3) is 10.9 Å². The summed E-state index contributed by atoms with van der Waals surface area (Å²) < 4.78 is 42.6. The summed E-state index contributed by atoms with van der Waals surface area (Å²) >= 11 is 0. The number of nitrogens with one attached hydrogen (secondary N) is 1. The number of hydrogen-bond acceptors (Lipinski definition) is 3. The van der Waals surface area contributed by atoms with Crippen LogP contribution in [0.4, 0.5) is 18.9 Å². The highest BCUT2D eigenvalue weighted by Crippen LogP contribution is 2.38. The van der Waals surface area contributed by atoms with Crippen LogP contribution in [0.15, 0.2) is 79.0 Å². The third-order valence-electron chi connectivity index (χ3n) is 6.30. The van der Waals surface area contributed by atoms with Gasteiger partial charge in [0, 0.05) is 24.4 Å². The second-order valence-electron chi connectivity index (χ2n) is 8.97. The van der Waals surface area contributed by atoms with Crippen molar-refractivity contribution in [3.8, 4) is 0 Å². The van der Waals surface area contributed by atoms with Crippen molar-refractivity contribution in [2.45, 2.75) is 37.9 Å². The molecule has 1 fully saturated rings. The highest BCUT2D eigenvalue weighted by atomic mass is 19.3. The fourth-order valence-corrected chi connectivity index (χ4v) is 4.65. The van der Waals surface area contributed by atoms with Crippen LogP contribution in [0.3, 0.4) is 0 Å². The van der Waals surface area contributed by atoms with Gasteiger partial charge in [0.05, 0.1) is 30.3 Å². The van der Waals surface area contributed by atoms with E-state index in [9.17, 15) is 22.8 Å². The van der Waals surface area contributed by atoms with Crippen LogP contribution < -0.4 is 10.2 Å². The monoisotopic (exact) mass is 492 g/mol. The molecule has 0 radical (unpaired) electrons. The maximum Gasteiger partial charge on any atom is 0.321 e. The first-order chi connectivity index (χ1) is 17.2. The smallest absolute Gasteiger partial charge is 0.321 e. The van der Waals surface area contributed by atoms with Crippen molar-refractivity contribution in [1.82, 2.24) is 15.1 Å². The standard InChI is InChI=1S/C27H23F3N4O2/c1-27(29,30)26(36)32-22-14-24(35)34(25(22)18-7-3-2-4-8-18)21-10-11-23-19(13-21)15-31-33(23)16-17-6-5-9-20(28)12-17/h2-13,15,22,25H,14,16H2,1H3,(H,32,36)/t22-,25+/m0/s1. The van der Waals surface area contributed by atoms with Gasteiger partial charge in [0.2, 0.25) is 5.91 Å². The number of halogens is 3. The lowest BCUT2D eigenvalue weighted by Crippen LogP contribution is -2.46. The molecule has 36 heavy (non-hydrogen) atoms. The van der Waals surface area contributed by atoms with Gasteiger partial charge in [-0.1, -0.05) is 42.5 Å². The number of hydrogen-bond donors (Lipinski definition) is 1. The molecule has 6 nitrogen and oxygen atoms in total. The summed E-state index contributed by atoms with van der Waals surface area (Å²) in [7, 11) is 0.